The maximum atomic E-state index is 12.4. The number of esters is 1. The van der Waals surface area contributed by atoms with Crippen molar-refractivity contribution >= 4 is 23.3 Å². The van der Waals surface area contributed by atoms with Gasteiger partial charge in [-0.2, -0.15) is 0 Å². The number of rotatable bonds is 6. The Labute approximate surface area is 146 Å². The largest absolute Gasteiger partial charge is 0.465 e. The number of hydrogen-bond acceptors (Lipinski definition) is 4. The van der Waals surface area contributed by atoms with Crippen molar-refractivity contribution in [3.63, 3.8) is 0 Å². The molecule has 0 saturated heterocycles. The summed E-state index contributed by atoms with van der Waals surface area (Å²) in [6.45, 7) is 5.10. The van der Waals surface area contributed by atoms with Crippen LogP contribution in [-0.2, 0) is 22.4 Å². The Balaban J connectivity index is 2.26. The highest BCUT2D eigenvalue weighted by molar-refractivity contribution is 6.02. The van der Waals surface area contributed by atoms with Crippen LogP contribution in [0.1, 0.15) is 51.5 Å². The summed E-state index contributed by atoms with van der Waals surface area (Å²) in [4.78, 5) is 39.0. The van der Waals surface area contributed by atoms with Crippen molar-refractivity contribution < 1.29 is 19.1 Å². The first-order chi connectivity index (χ1) is 11.9. The summed E-state index contributed by atoms with van der Waals surface area (Å²) in [7, 11) is 1.27. The zero-order valence-corrected chi connectivity index (χ0v) is 14.9. The van der Waals surface area contributed by atoms with E-state index < -0.39 is 5.97 Å². The van der Waals surface area contributed by atoms with Crippen LogP contribution >= 0.6 is 0 Å². The number of hydrogen-bond donors (Lipinski definition) is 2. The number of aromatic nitrogens is 1. The molecule has 0 fully saturated rings. The second-order valence-electron chi connectivity index (χ2n) is 5.81. The van der Waals surface area contributed by atoms with Gasteiger partial charge in [0.2, 0.25) is 5.91 Å². The molecule has 6 nitrogen and oxygen atoms in total. The number of amides is 1. The number of ether oxygens (including phenoxy) is 1. The zero-order chi connectivity index (χ0) is 18.6. The van der Waals surface area contributed by atoms with E-state index in [2.05, 4.69) is 10.3 Å². The molecule has 0 aliphatic heterocycles. The molecule has 1 aromatic carbocycles. The quantitative estimate of drug-likeness (QED) is 0.624. The highest BCUT2D eigenvalue weighted by Gasteiger charge is 2.24. The van der Waals surface area contributed by atoms with Gasteiger partial charge in [-0.05, 0) is 36.6 Å². The maximum Gasteiger partial charge on any atom is 0.339 e. The SMILES string of the molecule is CCc1cccc(NC(=O)Cc2[nH]c(C(C)=O)c(C)c2C(=O)OC)c1. The van der Waals surface area contributed by atoms with Crippen molar-refractivity contribution in [3.05, 3.63) is 52.3 Å². The lowest BCUT2D eigenvalue weighted by Gasteiger charge is -2.07. The van der Waals surface area contributed by atoms with Crippen LogP contribution in [0.15, 0.2) is 24.3 Å². The Hall–Kier alpha value is -2.89. The molecule has 2 N–H and O–H groups in total. The van der Waals surface area contributed by atoms with Gasteiger partial charge in [0.25, 0.3) is 0 Å². The van der Waals surface area contributed by atoms with E-state index in [-0.39, 0.29) is 23.7 Å². The van der Waals surface area contributed by atoms with Gasteiger partial charge >= 0.3 is 5.97 Å². The van der Waals surface area contributed by atoms with E-state index in [0.29, 0.717) is 22.6 Å². The molecule has 0 saturated carbocycles. The summed E-state index contributed by atoms with van der Waals surface area (Å²) in [6.07, 6.45) is 0.808. The molecule has 0 radical (unpaired) electrons. The van der Waals surface area contributed by atoms with Crippen LogP contribution in [0.3, 0.4) is 0 Å². The van der Waals surface area contributed by atoms with Crippen LogP contribution in [0.25, 0.3) is 0 Å². The third kappa shape index (κ3) is 4.15. The number of anilines is 1. The van der Waals surface area contributed by atoms with Crippen molar-refractivity contribution in [2.45, 2.75) is 33.6 Å². The molecule has 132 valence electrons. The molecule has 0 spiro atoms. The topological polar surface area (TPSA) is 88.3 Å². The fraction of sp³-hybridized carbons (Fsp3) is 0.316. The summed E-state index contributed by atoms with van der Waals surface area (Å²) in [5.74, 6) is -1.06. The van der Waals surface area contributed by atoms with Crippen LogP contribution in [0.5, 0.6) is 0 Å². The number of benzene rings is 1. The molecule has 25 heavy (non-hydrogen) atoms. The minimum atomic E-state index is -0.572. The predicted molar refractivity (Wildman–Crippen MR) is 95.0 cm³/mol. The monoisotopic (exact) mass is 342 g/mol. The van der Waals surface area contributed by atoms with Crippen molar-refractivity contribution in [1.29, 1.82) is 0 Å². The molecule has 0 bridgehead atoms. The molecule has 1 aromatic heterocycles. The van der Waals surface area contributed by atoms with E-state index in [1.54, 1.807) is 13.0 Å². The molecule has 1 heterocycles. The van der Waals surface area contributed by atoms with Gasteiger partial charge in [-0.3, -0.25) is 9.59 Å². The standard InChI is InChI=1S/C19H22N2O4/c1-5-13-7-6-8-14(9-13)20-16(23)10-15-17(19(24)25-4)11(2)18(21-15)12(3)22/h6-9,21H,5,10H2,1-4H3,(H,20,23). The molecular formula is C19H22N2O4. The Bertz CT molecular complexity index is 821. The smallest absolute Gasteiger partial charge is 0.339 e. The first-order valence-corrected chi connectivity index (χ1v) is 8.06. The zero-order valence-electron chi connectivity index (χ0n) is 14.9. The van der Waals surface area contributed by atoms with Crippen LogP contribution in [-0.4, -0.2) is 29.8 Å². The highest BCUT2D eigenvalue weighted by atomic mass is 16.5. The molecule has 1 amide bonds. The van der Waals surface area contributed by atoms with Gasteiger partial charge in [0.1, 0.15) is 0 Å². The summed E-state index contributed by atoms with van der Waals surface area (Å²) < 4.78 is 4.78. The Morgan fingerprint density at radius 2 is 1.96 bits per heavy atom. The second kappa shape index (κ2) is 7.79. The predicted octanol–water partition coefficient (Wildman–Crippen LogP) is 3.06. The van der Waals surface area contributed by atoms with Crippen LogP contribution in [0.2, 0.25) is 0 Å². The number of Topliss-reactive ketones (excluding diaryl/α,β-unsaturated/α-hetero) is 1. The van der Waals surface area contributed by atoms with Gasteiger partial charge in [-0.1, -0.05) is 19.1 Å². The number of ketones is 1. The van der Waals surface area contributed by atoms with E-state index in [1.807, 2.05) is 25.1 Å². The summed E-state index contributed by atoms with van der Waals surface area (Å²) in [5.41, 5.74) is 3.23. The number of aromatic amines is 1. The van der Waals surface area contributed by atoms with Crippen LogP contribution in [0, 0.1) is 6.92 Å². The summed E-state index contributed by atoms with van der Waals surface area (Å²) >= 11 is 0. The van der Waals surface area contributed by atoms with Gasteiger partial charge in [0.15, 0.2) is 5.78 Å². The molecule has 2 rings (SSSR count). The molecule has 0 aliphatic rings. The molecule has 0 atom stereocenters. The maximum absolute atomic E-state index is 12.4. The fourth-order valence-corrected chi connectivity index (χ4v) is 2.76. The molecule has 2 aromatic rings. The highest BCUT2D eigenvalue weighted by Crippen LogP contribution is 2.21. The number of H-pyrrole nitrogens is 1. The Morgan fingerprint density at radius 1 is 1.24 bits per heavy atom. The third-order valence-electron chi connectivity index (χ3n) is 4.03. The van der Waals surface area contributed by atoms with E-state index in [1.165, 1.54) is 14.0 Å². The van der Waals surface area contributed by atoms with Crippen LogP contribution < -0.4 is 5.32 Å². The lowest BCUT2D eigenvalue weighted by atomic mass is 10.1. The van der Waals surface area contributed by atoms with Gasteiger partial charge in [0, 0.05) is 18.3 Å². The Morgan fingerprint density at radius 3 is 2.56 bits per heavy atom. The van der Waals surface area contributed by atoms with Crippen molar-refractivity contribution in [1.82, 2.24) is 4.98 Å². The van der Waals surface area contributed by atoms with Gasteiger partial charge in [-0.15, -0.1) is 0 Å². The third-order valence-corrected chi connectivity index (χ3v) is 4.03. The lowest BCUT2D eigenvalue weighted by Crippen LogP contribution is -2.17. The molecule has 0 unspecified atom stereocenters. The number of aryl methyl sites for hydroxylation is 1. The molecule has 6 heteroatoms. The minimum Gasteiger partial charge on any atom is -0.465 e. The van der Waals surface area contributed by atoms with E-state index in [0.717, 1.165) is 12.0 Å². The van der Waals surface area contributed by atoms with Crippen LogP contribution in [0.4, 0.5) is 5.69 Å². The first-order valence-electron chi connectivity index (χ1n) is 8.06. The van der Waals surface area contributed by atoms with Crippen molar-refractivity contribution in [2.75, 3.05) is 12.4 Å². The number of nitrogens with one attached hydrogen (secondary N) is 2. The first kappa shape index (κ1) is 18.4. The summed E-state index contributed by atoms with van der Waals surface area (Å²) in [5, 5.41) is 2.81. The number of carbonyl (C=O) groups is 3. The number of methoxy groups -OCH3 is 1. The number of carbonyl (C=O) groups excluding carboxylic acids is 3. The van der Waals surface area contributed by atoms with E-state index in [9.17, 15) is 14.4 Å². The fourth-order valence-electron chi connectivity index (χ4n) is 2.76. The average Bonchev–Trinajstić information content (AvgIpc) is 2.90. The van der Waals surface area contributed by atoms with Gasteiger partial charge < -0.3 is 15.0 Å². The Kier molecular flexibility index (Phi) is 5.75. The van der Waals surface area contributed by atoms with Gasteiger partial charge in [0.05, 0.1) is 24.8 Å². The van der Waals surface area contributed by atoms with E-state index in [4.69, 9.17) is 4.74 Å². The van der Waals surface area contributed by atoms with Crippen molar-refractivity contribution in [2.24, 2.45) is 0 Å². The van der Waals surface area contributed by atoms with E-state index >= 15 is 0 Å². The summed E-state index contributed by atoms with van der Waals surface area (Å²) in [6, 6.07) is 7.57. The normalized spacial score (nSPS) is 10.4. The average molecular weight is 342 g/mol. The molecular weight excluding hydrogens is 320 g/mol. The molecule has 0 aliphatic carbocycles. The van der Waals surface area contributed by atoms with Gasteiger partial charge in [-0.25, -0.2) is 4.79 Å². The lowest BCUT2D eigenvalue weighted by molar-refractivity contribution is -0.115. The minimum absolute atomic E-state index is 0.0606. The van der Waals surface area contributed by atoms with Crippen molar-refractivity contribution in [3.8, 4) is 0 Å². The second-order valence-corrected chi connectivity index (χ2v) is 5.81.